The summed E-state index contributed by atoms with van der Waals surface area (Å²) in [5, 5.41) is 3.27. The van der Waals surface area contributed by atoms with Crippen LogP contribution in [0.3, 0.4) is 0 Å². The van der Waals surface area contributed by atoms with Crippen molar-refractivity contribution in [1.29, 1.82) is 0 Å². The SMILES string of the molecule is CCS(=O)(=O)c1ccc(NC2COC(C)(C)OC2)cc1. The molecule has 1 heterocycles. The molecule has 0 aliphatic carbocycles. The molecule has 0 radical (unpaired) electrons. The lowest BCUT2D eigenvalue weighted by atomic mass is 10.2. The van der Waals surface area contributed by atoms with Crippen molar-refractivity contribution in [1.82, 2.24) is 0 Å². The molecule has 0 bridgehead atoms. The van der Waals surface area contributed by atoms with Crippen molar-refractivity contribution in [2.45, 2.75) is 37.5 Å². The maximum atomic E-state index is 11.7. The Hall–Kier alpha value is -1.11. The number of nitrogens with one attached hydrogen (secondary N) is 1. The van der Waals surface area contributed by atoms with E-state index in [2.05, 4.69) is 5.32 Å². The first-order valence-electron chi connectivity index (χ1n) is 6.70. The number of sulfone groups is 1. The Bertz CT molecular complexity index is 541. The standard InChI is InChI=1S/C14H21NO4S/c1-4-20(16,17)13-7-5-11(6-8-13)15-12-9-18-14(2,3)19-10-12/h5-8,12,15H,4,9-10H2,1-3H3. The van der Waals surface area contributed by atoms with Gasteiger partial charge in [0.1, 0.15) is 0 Å². The third kappa shape index (κ3) is 3.71. The van der Waals surface area contributed by atoms with Crippen LogP contribution < -0.4 is 5.32 Å². The van der Waals surface area contributed by atoms with Crippen LogP contribution in [0, 0.1) is 0 Å². The van der Waals surface area contributed by atoms with E-state index in [4.69, 9.17) is 9.47 Å². The van der Waals surface area contributed by atoms with Gasteiger partial charge in [-0.25, -0.2) is 8.42 Å². The summed E-state index contributed by atoms with van der Waals surface area (Å²) in [5.74, 6) is -0.420. The van der Waals surface area contributed by atoms with Gasteiger partial charge in [-0.15, -0.1) is 0 Å². The van der Waals surface area contributed by atoms with Gasteiger partial charge in [-0.3, -0.25) is 0 Å². The van der Waals surface area contributed by atoms with Gasteiger partial charge < -0.3 is 14.8 Å². The second kappa shape index (κ2) is 5.71. The number of benzene rings is 1. The highest BCUT2D eigenvalue weighted by atomic mass is 32.2. The van der Waals surface area contributed by atoms with Crippen molar-refractivity contribution < 1.29 is 17.9 Å². The molecule has 1 aromatic rings. The number of rotatable bonds is 4. The predicted octanol–water partition coefficient (Wildman–Crippen LogP) is 2.04. The smallest absolute Gasteiger partial charge is 0.178 e. The Morgan fingerprint density at radius 3 is 2.25 bits per heavy atom. The fourth-order valence-corrected chi connectivity index (χ4v) is 2.82. The van der Waals surface area contributed by atoms with E-state index in [1.807, 2.05) is 13.8 Å². The van der Waals surface area contributed by atoms with Crippen LogP contribution in [-0.2, 0) is 19.3 Å². The fraction of sp³-hybridized carbons (Fsp3) is 0.571. The van der Waals surface area contributed by atoms with Gasteiger partial charge in [0.25, 0.3) is 0 Å². The second-order valence-electron chi connectivity index (χ2n) is 5.29. The largest absolute Gasteiger partial charge is 0.378 e. The third-order valence-corrected chi connectivity index (χ3v) is 4.98. The van der Waals surface area contributed by atoms with Crippen molar-refractivity contribution in [2.75, 3.05) is 24.3 Å². The first-order chi connectivity index (χ1) is 9.32. The highest BCUT2D eigenvalue weighted by molar-refractivity contribution is 7.91. The van der Waals surface area contributed by atoms with E-state index in [0.717, 1.165) is 5.69 Å². The molecule has 0 unspecified atom stereocenters. The van der Waals surface area contributed by atoms with Gasteiger partial charge in [0.05, 0.1) is 29.9 Å². The lowest BCUT2D eigenvalue weighted by Crippen LogP contribution is -2.45. The van der Waals surface area contributed by atoms with Gasteiger partial charge in [-0.1, -0.05) is 6.92 Å². The van der Waals surface area contributed by atoms with Crippen LogP contribution in [-0.4, -0.2) is 39.2 Å². The third-order valence-electron chi connectivity index (χ3n) is 3.23. The van der Waals surface area contributed by atoms with Crippen molar-refractivity contribution in [3.05, 3.63) is 24.3 Å². The summed E-state index contributed by atoms with van der Waals surface area (Å²) >= 11 is 0. The van der Waals surface area contributed by atoms with Crippen molar-refractivity contribution in [2.24, 2.45) is 0 Å². The second-order valence-corrected chi connectivity index (χ2v) is 7.57. The highest BCUT2D eigenvalue weighted by Crippen LogP contribution is 2.20. The van der Waals surface area contributed by atoms with E-state index >= 15 is 0 Å². The summed E-state index contributed by atoms with van der Waals surface area (Å²) in [4.78, 5) is 0.350. The fourth-order valence-electron chi connectivity index (χ4n) is 1.94. The lowest BCUT2D eigenvalue weighted by Gasteiger charge is -2.35. The van der Waals surface area contributed by atoms with E-state index in [1.54, 1.807) is 31.2 Å². The van der Waals surface area contributed by atoms with Gasteiger partial charge in [0, 0.05) is 5.69 Å². The molecule has 1 aromatic carbocycles. The van der Waals surface area contributed by atoms with E-state index in [9.17, 15) is 8.42 Å². The zero-order valence-corrected chi connectivity index (χ0v) is 12.9. The molecule has 1 fully saturated rings. The molecule has 1 aliphatic rings. The summed E-state index contributed by atoms with van der Waals surface area (Å²) < 4.78 is 34.6. The molecular weight excluding hydrogens is 278 g/mol. The van der Waals surface area contributed by atoms with Crippen molar-refractivity contribution in [3.63, 3.8) is 0 Å². The Balaban J connectivity index is 1.98. The number of ether oxygens (including phenoxy) is 2. The van der Waals surface area contributed by atoms with E-state index < -0.39 is 15.6 Å². The number of hydrogen-bond acceptors (Lipinski definition) is 5. The Morgan fingerprint density at radius 1 is 1.20 bits per heavy atom. The molecule has 0 spiro atoms. The molecule has 0 aromatic heterocycles. The minimum atomic E-state index is -3.14. The van der Waals surface area contributed by atoms with Crippen molar-refractivity contribution in [3.8, 4) is 0 Å². The predicted molar refractivity (Wildman–Crippen MR) is 77.6 cm³/mol. The summed E-state index contributed by atoms with van der Waals surface area (Å²) in [6.45, 7) is 6.52. The molecule has 5 nitrogen and oxygen atoms in total. The summed E-state index contributed by atoms with van der Waals surface area (Å²) in [6, 6.07) is 6.84. The first-order valence-corrected chi connectivity index (χ1v) is 8.35. The van der Waals surface area contributed by atoms with Gasteiger partial charge >= 0.3 is 0 Å². The summed E-state index contributed by atoms with van der Waals surface area (Å²) in [7, 11) is -3.14. The van der Waals surface area contributed by atoms with Gasteiger partial charge in [0.2, 0.25) is 0 Å². The van der Waals surface area contributed by atoms with Crippen LogP contribution in [0.4, 0.5) is 5.69 Å². The molecule has 0 amide bonds. The van der Waals surface area contributed by atoms with E-state index in [-0.39, 0.29) is 11.8 Å². The Labute approximate surface area is 120 Å². The lowest BCUT2D eigenvalue weighted by molar-refractivity contribution is -0.247. The van der Waals surface area contributed by atoms with Crippen LogP contribution in [0.2, 0.25) is 0 Å². The number of hydrogen-bond donors (Lipinski definition) is 1. The zero-order valence-electron chi connectivity index (χ0n) is 12.0. The summed E-state index contributed by atoms with van der Waals surface area (Å²) in [6.07, 6.45) is 0. The maximum Gasteiger partial charge on any atom is 0.178 e. The van der Waals surface area contributed by atoms with Crippen LogP contribution in [0.15, 0.2) is 29.2 Å². The zero-order chi connectivity index (χ0) is 14.8. The first kappa shape index (κ1) is 15.3. The normalized spacial score (nSPS) is 19.8. The van der Waals surface area contributed by atoms with Crippen LogP contribution in [0.5, 0.6) is 0 Å². The molecule has 1 aliphatic heterocycles. The molecule has 0 atom stereocenters. The average molecular weight is 299 g/mol. The minimum absolute atomic E-state index is 0.0663. The molecule has 0 saturated carbocycles. The molecule has 112 valence electrons. The molecule has 6 heteroatoms. The molecular formula is C14H21NO4S. The molecule has 20 heavy (non-hydrogen) atoms. The van der Waals surface area contributed by atoms with Crippen LogP contribution in [0.1, 0.15) is 20.8 Å². The Morgan fingerprint density at radius 2 is 1.75 bits per heavy atom. The van der Waals surface area contributed by atoms with Crippen molar-refractivity contribution >= 4 is 15.5 Å². The summed E-state index contributed by atoms with van der Waals surface area (Å²) in [5.41, 5.74) is 0.858. The molecule has 1 N–H and O–H groups in total. The topological polar surface area (TPSA) is 64.6 Å². The molecule has 2 rings (SSSR count). The van der Waals surface area contributed by atoms with Gasteiger partial charge in [0.15, 0.2) is 15.6 Å². The average Bonchev–Trinajstić information content (AvgIpc) is 2.42. The van der Waals surface area contributed by atoms with Gasteiger partial charge in [-0.05, 0) is 38.1 Å². The Kier molecular flexibility index (Phi) is 4.36. The molecule has 1 saturated heterocycles. The monoisotopic (exact) mass is 299 g/mol. The minimum Gasteiger partial charge on any atom is -0.378 e. The van der Waals surface area contributed by atoms with E-state index in [1.165, 1.54) is 0 Å². The maximum absolute atomic E-state index is 11.7. The number of anilines is 1. The van der Waals surface area contributed by atoms with E-state index in [0.29, 0.717) is 18.1 Å². The quantitative estimate of drug-likeness (QED) is 0.921. The van der Waals surface area contributed by atoms with Crippen LogP contribution in [0.25, 0.3) is 0 Å². The highest BCUT2D eigenvalue weighted by Gasteiger charge is 2.28. The van der Waals surface area contributed by atoms with Gasteiger partial charge in [-0.2, -0.15) is 0 Å². The van der Waals surface area contributed by atoms with Crippen LogP contribution >= 0.6 is 0 Å².